The largest absolute Gasteiger partial charge is 0.465 e. The minimum Gasteiger partial charge on any atom is -0.465 e. The van der Waals surface area contributed by atoms with Crippen LogP contribution in [0.1, 0.15) is 10.4 Å². The van der Waals surface area contributed by atoms with E-state index < -0.39 is 16.6 Å². The van der Waals surface area contributed by atoms with Gasteiger partial charge in [0.2, 0.25) is 0 Å². The molecule has 0 spiro atoms. The van der Waals surface area contributed by atoms with Crippen molar-refractivity contribution in [2.24, 2.45) is 0 Å². The lowest BCUT2D eigenvalue weighted by atomic mass is 10.1. The zero-order valence-corrected chi connectivity index (χ0v) is 12.0. The molecule has 0 atom stereocenters. The first kappa shape index (κ1) is 15.0. The van der Waals surface area contributed by atoms with Crippen molar-refractivity contribution in [1.82, 2.24) is 4.90 Å². The maximum atomic E-state index is 11.8. The first-order valence-corrected chi connectivity index (χ1v) is 6.53. The predicted molar refractivity (Wildman–Crippen MR) is 78.6 cm³/mol. The van der Waals surface area contributed by atoms with Gasteiger partial charge in [-0.2, -0.15) is 0 Å². The van der Waals surface area contributed by atoms with Crippen molar-refractivity contribution in [3.63, 3.8) is 0 Å². The van der Waals surface area contributed by atoms with Crippen LogP contribution in [0.2, 0.25) is 0 Å². The molecular formula is C13H18N4O4. The fourth-order valence-electron chi connectivity index (χ4n) is 2.36. The Morgan fingerprint density at radius 2 is 1.95 bits per heavy atom. The van der Waals surface area contributed by atoms with E-state index in [1.54, 1.807) is 0 Å². The first-order chi connectivity index (χ1) is 9.93. The molecule has 21 heavy (non-hydrogen) atoms. The lowest BCUT2D eigenvalue weighted by Crippen LogP contribution is -2.44. The smallest absolute Gasteiger partial charge is 0.345 e. The summed E-state index contributed by atoms with van der Waals surface area (Å²) in [6.45, 7) is 3.30. The minimum atomic E-state index is -0.760. The van der Waals surface area contributed by atoms with Crippen molar-refractivity contribution < 1.29 is 14.5 Å². The van der Waals surface area contributed by atoms with Crippen LogP contribution in [-0.4, -0.2) is 56.1 Å². The summed E-state index contributed by atoms with van der Waals surface area (Å²) in [5, 5.41) is 11.1. The summed E-state index contributed by atoms with van der Waals surface area (Å²) in [5.41, 5.74) is 5.92. The number of esters is 1. The third-order valence-corrected chi connectivity index (χ3v) is 3.58. The normalized spacial score (nSPS) is 15.8. The molecule has 0 aliphatic carbocycles. The Morgan fingerprint density at radius 3 is 2.48 bits per heavy atom. The van der Waals surface area contributed by atoms with E-state index in [9.17, 15) is 14.9 Å². The van der Waals surface area contributed by atoms with E-state index >= 15 is 0 Å². The topological polar surface area (TPSA) is 102 Å². The molecule has 0 unspecified atom stereocenters. The van der Waals surface area contributed by atoms with Gasteiger partial charge < -0.3 is 20.3 Å². The Morgan fingerprint density at radius 1 is 1.33 bits per heavy atom. The minimum absolute atomic E-state index is 0.0307. The molecule has 0 amide bonds. The van der Waals surface area contributed by atoms with Gasteiger partial charge >= 0.3 is 11.7 Å². The van der Waals surface area contributed by atoms with E-state index in [1.807, 2.05) is 11.9 Å². The first-order valence-electron chi connectivity index (χ1n) is 6.53. The number of nitro groups is 1. The molecule has 1 heterocycles. The third-order valence-electron chi connectivity index (χ3n) is 3.58. The quantitative estimate of drug-likeness (QED) is 0.379. The van der Waals surface area contributed by atoms with Gasteiger partial charge in [-0.05, 0) is 19.2 Å². The number of rotatable bonds is 3. The van der Waals surface area contributed by atoms with Gasteiger partial charge in [0.05, 0.1) is 12.0 Å². The van der Waals surface area contributed by atoms with Gasteiger partial charge in [-0.25, -0.2) is 4.79 Å². The zero-order chi connectivity index (χ0) is 15.6. The molecule has 0 bridgehead atoms. The molecule has 1 fully saturated rings. The molecule has 1 aliphatic rings. The van der Waals surface area contributed by atoms with Crippen LogP contribution in [0.3, 0.4) is 0 Å². The van der Waals surface area contributed by atoms with Gasteiger partial charge in [-0.1, -0.05) is 0 Å². The fraction of sp³-hybridized carbons (Fsp3) is 0.462. The van der Waals surface area contributed by atoms with Crippen LogP contribution in [0.5, 0.6) is 0 Å². The van der Waals surface area contributed by atoms with Crippen LogP contribution in [0.25, 0.3) is 0 Å². The number of hydrogen-bond acceptors (Lipinski definition) is 7. The lowest BCUT2D eigenvalue weighted by Gasteiger charge is -2.34. The summed E-state index contributed by atoms with van der Waals surface area (Å²) in [4.78, 5) is 26.4. The average molecular weight is 294 g/mol. The van der Waals surface area contributed by atoms with E-state index in [1.165, 1.54) is 19.2 Å². The monoisotopic (exact) mass is 294 g/mol. The van der Waals surface area contributed by atoms with Gasteiger partial charge in [0.15, 0.2) is 0 Å². The highest BCUT2D eigenvalue weighted by atomic mass is 16.6. The van der Waals surface area contributed by atoms with Gasteiger partial charge in [0, 0.05) is 31.9 Å². The number of carbonyl (C=O) groups is 1. The molecule has 2 N–H and O–H groups in total. The Bertz CT molecular complexity index is 568. The van der Waals surface area contributed by atoms with Crippen LogP contribution in [0.4, 0.5) is 17.1 Å². The molecule has 0 radical (unpaired) electrons. The second-order valence-corrected chi connectivity index (χ2v) is 4.97. The van der Waals surface area contributed by atoms with Crippen molar-refractivity contribution in [2.75, 3.05) is 51.0 Å². The number of ether oxygens (including phenoxy) is 1. The molecular weight excluding hydrogens is 276 g/mol. The summed E-state index contributed by atoms with van der Waals surface area (Å²) in [6, 6.07) is 3.02. The standard InChI is InChI=1S/C13H18N4O4/c1-15-3-5-16(6-4-15)9-7-10(13(18)21-2)12(17(19)20)11(14)8-9/h7-8H,3-6,14H2,1-2H3. The van der Waals surface area contributed by atoms with Crippen LogP contribution in [-0.2, 0) is 4.74 Å². The molecule has 1 aromatic carbocycles. The summed E-state index contributed by atoms with van der Waals surface area (Å²) in [5.74, 6) is -0.760. The molecule has 8 heteroatoms. The van der Waals surface area contributed by atoms with Crippen molar-refractivity contribution in [3.8, 4) is 0 Å². The zero-order valence-electron chi connectivity index (χ0n) is 12.0. The maximum Gasteiger partial charge on any atom is 0.345 e. The Hall–Kier alpha value is -2.35. The molecule has 0 saturated carbocycles. The van der Waals surface area contributed by atoms with Crippen LogP contribution in [0.15, 0.2) is 12.1 Å². The van der Waals surface area contributed by atoms with E-state index in [-0.39, 0.29) is 11.3 Å². The number of nitrogens with zero attached hydrogens (tertiary/aromatic N) is 3. The molecule has 8 nitrogen and oxygen atoms in total. The summed E-state index contributed by atoms with van der Waals surface area (Å²) < 4.78 is 4.62. The summed E-state index contributed by atoms with van der Waals surface area (Å²) in [6.07, 6.45) is 0. The molecule has 1 saturated heterocycles. The number of benzene rings is 1. The van der Waals surface area contributed by atoms with Crippen molar-refractivity contribution in [3.05, 3.63) is 27.8 Å². The SMILES string of the molecule is COC(=O)c1cc(N2CCN(C)CC2)cc(N)c1[N+](=O)[O-]. The summed E-state index contributed by atoms with van der Waals surface area (Å²) in [7, 11) is 3.21. The van der Waals surface area contributed by atoms with Crippen molar-refractivity contribution in [1.29, 1.82) is 0 Å². The number of nitro benzene ring substituents is 1. The number of hydrogen-bond donors (Lipinski definition) is 1. The van der Waals surface area contributed by atoms with Gasteiger partial charge in [-0.15, -0.1) is 0 Å². The maximum absolute atomic E-state index is 11.8. The second-order valence-electron chi connectivity index (χ2n) is 4.97. The van der Waals surface area contributed by atoms with E-state index in [0.717, 1.165) is 26.2 Å². The van der Waals surface area contributed by atoms with Crippen LogP contribution >= 0.6 is 0 Å². The molecule has 1 aliphatic heterocycles. The van der Waals surface area contributed by atoms with Crippen molar-refractivity contribution >= 4 is 23.0 Å². The van der Waals surface area contributed by atoms with Gasteiger partial charge in [-0.3, -0.25) is 10.1 Å². The fourth-order valence-corrected chi connectivity index (χ4v) is 2.36. The third kappa shape index (κ3) is 3.05. The Balaban J connectivity index is 2.43. The van der Waals surface area contributed by atoms with Gasteiger partial charge in [0.25, 0.3) is 0 Å². The lowest BCUT2D eigenvalue weighted by molar-refractivity contribution is -0.384. The number of likely N-dealkylation sites (N-methyl/N-ethyl adjacent to an activating group) is 1. The summed E-state index contributed by atoms with van der Waals surface area (Å²) >= 11 is 0. The Labute approximate surface area is 122 Å². The van der Waals surface area contributed by atoms with Gasteiger partial charge in [0.1, 0.15) is 11.3 Å². The number of nitrogen functional groups attached to an aromatic ring is 1. The number of nitrogens with two attached hydrogens (primary N) is 1. The van der Waals surface area contributed by atoms with Crippen LogP contribution < -0.4 is 10.6 Å². The highest BCUT2D eigenvalue weighted by Gasteiger charge is 2.27. The van der Waals surface area contributed by atoms with E-state index in [4.69, 9.17) is 5.73 Å². The second kappa shape index (κ2) is 5.96. The number of anilines is 2. The molecule has 2 rings (SSSR count). The highest BCUT2D eigenvalue weighted by Crippen LogP contribution is 2.32. The molecule has 114 valence electrons. The highest BCUT2D eigenvalue weighted by molar-refractivity contribution is 5.98. The number of methoxy groups -OCH3 is 1. The number of carbonyl (C=O) groups excluding carboxylic acids is 1. The van der Waals surface area contributed by atoms with Crippen molar-refractivity contribution in [2.45, 2.75) is 0 Å². The molecule has 0 aromatic heterocycles. The predicted octanol–water partition coefficient (Wildman–Crippen LogP) is 0.715. The Kier molecular flexibility index (Phi) is 4.27. The van der Waals surface area contributed by atoms with E-state index in [2.05, 4.69) is 9.64 Å². The van der Waals surface area contributed by atoms with E-state index in [0.29, 0.717) is 5.69 Å². The van der Waals surface area contributed by atoms with Crippen LogP contribution in [0, 0.1) is 10.1 Å². The molecule has 1 aromatic rings. The average Bonchev–Trinajstić information content (AvgIpc) is 2.45. The number of piperazine rings is 1.